The number of halogens is 2. The quantitative estimate of drug-likeness (QED) is 0.481. The molecule has 0 heterocycles. The summed E-state index contributed by atoms with van der Waals surface area (Å²) < 4.78 is 13.0. The molecular formula is C12H12ClFN2O. The van der Waals surface area contributed by atoms with Crippen LogP contribution >= 0.6 is 11.6 Å². The summed E-state index contributed by atoms with van der Waals surface area (Å²) >= 11 is 5.71. The summed E-state index contributed by atoms with van der Waals surface area (Å²) in [5.41, 5.74) is 6.27. The van der Waals surface area contributed by atoms with Crippen molar-refractivity contribution in [3.63, 3.8) is 0 Å². The van der Waals surface area contributed by atoms with Crippen LogP contribution in [0.1, 0.15) is 18.9 Å². The Labute approximate surface area is 104 Å². The summed E-state index contributed by atoms with van der Waals surface area (Å²) in [4.78, 5) is 10.6. The highest BCUT2D eigenvalue weighted by Gasteiger charge is 2.04. The molecule has 3 N–H and O–H groups in total. The summed E-state index contributed by atoms with van der Waals surface area (Å²) in [6, 6.07) is 2.37. The Bertz CT molecular complexity index is 491. The molecule has 0 atom stereocenters. The molecule has 0 saturated carbocycles. The highest BCUT2D eigenvalue weighted by Crippen LogP contribution is 2.23. The number of hydrogen-bond donors (Lipinski definition) is 2. The van der Waals surface area contributed by atoms with E-state index in [1.165, 1.54) is 13.0 Å². The van der Waals surface area contributed by atoms with Crippen molar-refractivity contribution in [3.8, 4) is 11.8 Å². The minimum Gasteiger partial charge on any atom is -0.397 e. The van der Waals surface area contributed by atoms with Crippen molar-refractivity contribution < 1.29 is 9.18 Å². The highest BCUT2D eigenvalue weighted by atomic mass is 35.5. The average molecular weight is 255 g/mol. The molecule has 0 aliphatic carbocycles. The van der Waals surface area contributed by atoms with E-state index in [0.29, 0.717) is 18.5 Å². The third kappa shape index (κ3) is 4.33. The zero-order valence-electron chi connectivity index (χ0n) is 9.31. The van der Waals surface area contributed by atoms with Crippen LogP contribution in [0.5, 0.6) is 0 Å². The molecule has 0 bridgehead atoms. The minimum absolute atomic E-state index is 0.111. The van der Waals surface area contributed by atoms with Crippen LogP contribution in [0.25, 0.3) is 0 Å². The van der Waals surface area contributed by atoms with E-state index in [2.05, 4.69) is 17.2 Å². The van der Waals surface area contributed by atoms with Crippen LogP contribution in [-0.4, -0.2) is 12.5 Å². The maximum atomic E-state index is 13.0. The predicted octanol–water partition coefficient (Wildman–Crippen LogP) is 1.94. The Balaban J connectivity index is 2.68. The molecule has 3 nitrogen and oxygen atoms in total. The molecule has 1 aromatic rings. The number of nitrogens with one attached hydrogen (secondary N) is 1. The number of nitrogens with two attached hydrogens (primary N) is 1. The van der Waals surface area contributed by atoms with Gasteiger partial charge in [-0.2, -0.15) is 0 Å². The lowest BCUT2D eigenvalue weighted by Crippen LogP contribution is -2.20. The largest absolute Gasteiger partial charge is 0.397 e. The Hall–Kier alpha value is -1.73. The van der Waals surface area contributed by atoms with Crippen LogP contribution in [0.15, 0.2) is 12.1 Å². The van der Waals surface area contributed by atoms with E-state index >= 15 is 0 Å². The standard InChI is InChI=1S/C12H12ClFN2O/c1-8(17)16-5-3-2-4-9-6-10(14)7-11(13)12(9)15/h6-7H,3,5,15H2,1H3,(H,16,17). The fourth-order valence-corrected chi connectivity index (χ4v) is 1.35. The fourth-order valence-electron chi connectivity index (χ4n) is 1.15. The molecule has 0 unspecified atom stereocenters. The van der Waals surface area contributed by atoms with Gasteiger partial charge in [-0.15, -0.1) is 0 Å². The van der Waals surface area contributed by atoms with E-state index in [1.807, 2.05) is 0 Å². The number of carbonyl (C=O) groups is 1. The van der Waals surface area contributed by atoms with E-state index in [9.17, 15) is 9.18 Å². The lowest BCUT2D eigenvalue weighted by atomic mass is 10.2. The number of carbonyl (C=O) groups excluding carboxylic acids is 1. The highest BCUT2D eigenvalue weighted by molar-refractivity contribution is 6.33. The molecule has 0 aliphatic rings. The van der Waals surface area contributed by atoms with Crippen LogP contribution in [0.3, 0.4) is 0 Å². The molecular weight excluding hydrogens is 243 g/mol. The van der Waals surface area contributed by atoms with Gasteiger partial charge in [0.2, 0.25) is 5.91 Å². The average Bonchev–Trinajstić information content (AvgIpc) is 2.23. The zero-order chi connectivity index (χ0) is 12.8. The predicted molar refractivity (Wildman–Crippen MR) is 66.0 cm³/mol. The van der Waals surface area contributed by atoms with E-state index in [-0.39, 0.29) is 16.6 Å². The van der Waals surface area contributed by atoms with Gasteiger partial charge in [0, 0.05) is 19.9 Å². The van der Waals surface area contributed by atoms with Crippen molar-refractivity contribution in [1.82, 2.24) is 5.32 Å². The van der Waals surface area contributed by atoms with Crippen LogP contribution in [0.2, 0.25) is 5.02 Å². The first-order chi connectivity index (χ1) is 8.00. The van der Waals surface area contributed by atoms with Gasteiger partial charge in [-0.25, -0.2) is 4.39 Å². The van der Waals surface area contributed by atoms with Crippen molar-refractivity contribution in [2.75, 3.05) is 12.3 Å². The minimum atomic E-state index is -0.477. The fraction of sp³-hybridized carbons (Fsp3) is 0.250. The summed E-state index contributed by atoms with van der Waals surface area (Å²) in [6.45, 7) is 1.88. The van der Waals surface area contributed by atoms with Gasteiger partial charge in [0.25, 0.3) is 0 Å². The Morgan fingerprint density at radius 3 is 2.94 bits per heavy atom. The normalized spacial score (nSPS) is 9.35. The van der Waals surface area contributed by atoms with Crippen LogP contribution in [0, 0.1) is 17.7 Å². The molecule has 0 fully saturated rings. The SMILES string of the molecule is CC(=O)NCCC#Cc1cc(F)cc(Cl)c1N. The van der Waals surface area contributed by atoms with Crippen molar-refractivity contribution in [2.45, 2.75) is 13.3 Å². The van der Waals surface area contributed by atoms with Crippen molar-refractivity contribution in [3.05, 3.63) is 28.5 Å². The maximum Gasteiger partial charge on any atom is 0.216 e. The van der Waals surface area contributed by atoms with Gasteiger partial charge in [0.15, 0.2) is 0 Å². The number of anilines is 1. The molecule has 0 saturated heterocycles. The summed E-state index contributed by atoms with van der Waals surface area (Å²) in [5, 5.41) is 2.75. The molecule has 5 heteroatoms. The van der Waals surface area contributed by atoms with Crippen molar-refractivity contribution in [1.29, 1.82) is 0 Å². The van der Waals surface area contributed by atoms with E-state index in [0.717, 1.165) is 6.07 Å². The second-order valence-electron chi connectivity index (χ2n) is 3.38. The lowest BCUT2D eigenvalue weighted by molar-refractivity contribution is -0.118. The third-order valence-electron chi connectivity index (χ3n) is 1.94. The first-order valence-corrected chi connectivity index (χ1v) is 5.36. The van der Waals surface area contributed by atoms with E-state index < -0.39 is 5.82 Å². The Morgan fingerprint density at radius 1 is 1.59 bits per heavy atom. The second-order valence-corrected chi connectivity index (χ2v) is 3.79. The Kier molecular flexibility index (Phi) is 4.80. The van der Waals surface area contributed by atoms with Gasteiger partial charge in [-0.3, -0.25) is 4.79 Å². The number of amides is 1. The zero-order valence-corrected chi connectivity index (χ0v) is 10.1. The number of hydrogen-bond acceptors (Lipinski definition) is 2. The number of benzene rings is 1. The molecule has 1 rings (SSSR count). The summed E-state index contributed by atoms with van der Waals surface area (Å²) in [6.07, 6.45) is 0.465. The van der Waals surface area contributed by atoms with Gasteiger partial charge in [-0.1, -0.05) is 23.4 Å². The lowest BCUT2D eigenvalue weighted by Gasteiger charge is -2.01. The first kappa shape index (κ1) is 13.3. The molecule has 0 aliphatic heterocycles. The van der Waals surface area contributed by atoms with Gasteiger partial charge >= 0.3 is 0 Å². The van der Waals surface area contributed by atoms with Crippen molar-refractivity contribution in [2.24, 2.45) is 0 Å². The molecule has 1 aromatic carbocycles. The summed E-state index contributed by atoms with van der Waals surface area (Å²) in [5.74, 6) is 4.91. The number of nitrogen functional groups attached to an aromatic ring is 1. The monoisotopic (exact) mass is 254 g/mol. The van der Waals surface area contributed by atoms with Gasteiger partial charge in [-0.05, 0) is 12.1 Å². The van der Waals surface area contributed by atoms with E-state index in [1.54, 1.807) is 0 Å². The molecule has 17 heavy (non-hydrogen) atoms. The number of rotatable bonds is 2. The van der Waals surface area contributed by atoms with Crippen LogP contribution < -0.4 is 11.1 Å². The third-order valence-corrected chi connectivity index (χ3v) is 2.25. The summed E-state index contributed by atoms with van der Waals surface area (Å²) in [7, 11) is 0. The van der Waals surface area contributed by atoms with Gasteiger partial charge in [0.05, 0.1) is 16.3 Å². The maximum absolute atomic E-state index is 13.0. The van der Waals surface area contributed by atoms with Crippen molar-refractivity contribution >= 4 is 23.2 Å². The molecule has 0 radical (unpaired) electrons. The molecule has 0 aromatic heterocycles. The van der Waals surface area contributed by atoms with Gasteiger partial charge < -0.3 is 11.1 Å². The Morgan fingerprint density at radius 2 is 2.29 bits per heavy atom. The topological polar surface area (TPSA) is 55.1 Å². The molecule has 90 valence electrons. The first-order valence-electron chi connectivity index (χ1n) is 4.98. The van der Waals surface area contributed by atoms with Gasteiger partial charge in [0.1, 0.15) is 5.82 Å². The second kappa shape index (κ2) is 6.12. The van der Waals surface area contributed by atoms with E-state index in [4.69, 9.17) is 17.3 Å². The van der Waals surface area contributed by atoms with Crippen LogP contribution in [-0.2, 0) is 4.79 Å². The van der Waals surface area contributed by atoms with Crippen LogP contribution in [0.4, 0.5) is 10.1 Å². The smallest absolute Gasteiger partial charge is 0.216 e. The molecule has 0 spiro atoms. The molecule has 1 amide bonds.